The molecule has 0 nitrogen and oxygen atoms in total. The van der Waals surface area contributed by atoms with Crippen LogP contribution >= 0.6 is 25.3 Å². The van der Waals surface area contributed by atoms with Crippen molar-refractivity contribution >= 4 is 25.3 Å². The van der Waals surface area contributed by atoms with Gasteiger partial charge >= 0.3 is 0 Å². The van der Waals surface area contributed by atoms with E-state index in [-0.39, 0.29) is 0 Å². The van der Waals surface area contributed by atoms with Crippen LogP contribution in [-0.2, 0) is 4.08 Å². The normalized spacial score (nSPS) is 11.5. The molecule has 1 aromatic carbocycles. The molecular formula is C8H9FS2. The van der Waals surface area contributed by atoms with E-state index in [1.807, 2.05) is 18.2 Å². The zero-order valence-electron chi connectivity index (χ0n) is 5.87. The van der Waals surface area contributed by atoms with Crippen molar-refractivity contribution in [3.63, 3.8) is 0 Å². The third kappa shape index (κ3) is 2.14. The maximum Gasteiger partial charge on any atom is 0.117 e. The Hall–Kier alpha value is -0.150. The Morgan fingerprint density at radius 2 is 1.73 bits per heavy atom. The number of rotatable bonds is 2. The summed E-state index contributed by atoms with van der Waals surface area (Å²) >= 11 is 8.13. The summed E-state index contributed by atoms with van der Waals surface area (Å²) in [5.74, 6) is 0. The lowest BCUT2D eigenvalue weighted by Crippen LogP contribution is -2.12. The molecule has 0 N–H and O–H groups in total. The number of hydrogen-bond acceptors (Lipinski definition) is 2. The first-order valence-corrected chi connectivity index (χ1v) is 4.12. The second kappa shape index (κ2) is 3.50. The van der Waals surface area contributed by atoms with Crippen molar-refractivity contribution < 1.29 is 4.39 Å². The summed E-state index contributed by atoms with van der Waals surface area (Å²) in [5.41, 5.74) is 0.786. The largest absolute Gasteiger partial charge is 0.248 e. The first-order valence-electron chi connectivity index (χ1n) is 3.23. The molecule has 0 amide bonds. The summed E-state index contributed by atoms with van der Waals surface area (Å²) in [6.45, 7) is -0.580. The average Bonchev–Trinajstić information content (AvgIpc) is 2.06. The van der Waals surface area contributed by atoms with Crippen molar-refractivity contribution in [3.05, 3.63) is 35.9 Å². The Morgan fingerprint density at radius 1 is 1.18 bits per heavy atom. The van der Waals surface area contributed by atoms with Gasteiger partial charge in [0.05, 0.1) is 0 Å². The summed E-state index contributed by atoms with van der Waals surface area (Å²) in [4.78, 5) is 0. The number of hydrogen-bond donors (Lipinski definition) is 2. The van der Waals surface area contributed by atoms with Crippen molar-refractivity contribution in [3.8, 4) is 0 Å². The van der Waals surface area contributed by atoms with E-state index in [1.165, 1.54) is 0 Å². The second-order valence-corrected chi connectivity index (χ2v) is 4.20. The zero-order valence-corrected chi connectivity index (χ0v) is 7.66. The van der Waals surface area contributed by atoms with Crippen LogP contribution in [0.1, 0.15) is 5.56 Å². The van der Waals surface area contributed by atoms with Crippen molar-refractivity contribution in [1.82, 2.24) is 0 Å². The van der Waals surface area contributed by atoms with Crippen LogP contribution in [0.2, 0.25) is 0 Å². The standard InChI is InChI=1S/C8H9FS2/c9-6-8(10,11)7-4-2-1-3-5-7/h1-5,10-11H,6H2. The Morgan fingerprint density at radius 3 is 2.18 bits per heavy atom. The van der Waals surface area contributed by atoms with Crippen LogP contribution in [-0.4, -0.2) is 6.67 Å². The van der Waals surface area contributed by atoms with E-state index < -0.39 is 10.8 Å². The van der Waals surface area contributed by atoms with E-state index in [9.17, 15) is 4.39 Å². The van der Waals surface area contributed by atoms with E-state index in [0.29, 0.717) is 0 Å². The summed E-state index contributed by atoms with van der Waals surface area (Å²) < 4.78 is 11.4. The first-order chi connectivity index (χ1) is 5.17. The van der Waals surface area contributed by atoms with Crippen LogP contribution in [0.15, 0.2) is 30.3 Å². The molecule has 0 bridgehead atoms. The maximum atomic E-state index is 12.3. The van der Waals surface area contributed by atoms with Crippen molar-refractivity contribution in [2.45, 2.75) is 4.08 Å². The Bertz CT molecular complexity index is 221. The number of halogens is 1. The molecule has 1 aromatic rings. The number of benzene rings is 1. The van der Waals surface area contributed by atoms with Gasteiger partial charge in [-0.15, -0.1) is 0 Å². The summed E-state index contributed by atoms with van der Waals surface area (Å²) in [6, 6.07) is 9.16. The number of thiol groups is 2. The highest BCUT2D eigenvalue weighted by molar-refractivity contribution is 7.99. The topological polar surface area (TPSA) is 0 Å². The van der Waals surface area contributed by atoms with Crippen LogP contribution in [0.5, 0.6) is 0 Å². The highest BCUT2D eigenvalue weighted by Gasteiger charge is 2.21. The van der Waals surface area contributed by atoms with Crippen molar-refractivity contribution in [1.29, 1.82) is 0 Å². The number of alkyl halides is 1. The Balaban J connectivity index is 2.93. The fourth-order valence-corrected chi connectivity index (χ4v) is 1.08. The second-order valence-electron chi connectivity index (χ2n) is 2.32. The van der Waals surface area contributed by atoms with E-state index >= 15 is 0 Å². The minimum Gasteiger partial charge on any atom is -0.248 e. The molecule has 0 atom stereocenters. The molecule has 0 radical (unpaired) electrons. The minimum atomic E-state index is -0.943. The molecule has 0 aliphatic rings. The molecule has 3 heteroatoms. The third-order valence-corrected chi connectivity index (χ3v) is 2.18. The van der Waals surface area contributed by atoms with Crippen molar-refractivity contribution in [2.75, 3.05) is 6.67 Å². The van der Waals surface area contributed by atoms with E-state index in [0.717, 1.165) is 5.56 Å². The van der Waals surface area contributed by atoms with Gasteiger partial charge in [0.1, 0.15) is 10.8 Å². The first kappa shape index (κ1) is 8.94. The van der Waals surface area contributed by atoms with Crippen molar-refractivity contribution in [2.24, 2.45) is 0 Å². The van der Waals surface area contributed by atoms with Crippen LogP contribution in [0.3, 0.4) is 0 Å². The van der Waals surface area contributed by atoms with Crippen LogP contribution in [0.4, 0.5) is 4.39 Å². The lowest BCUT2D eigenvalue weighted by Gasteiger charge is -2.18. The van der Waals surface area contributed by atoms with Gasteiger partial charge in [0.2, 0.25) is 0 Å². The predicted molar refractivity (Wildman–Crippen MR) is 52.1 cm³/mol. The van der Waals surface area contributed by atoms with Gasteiger partial charge in [-0.25, -0.2) is 4.39 Å². The SMILES string of the molecule is FCC(S)(S)c1ccccc1. The summed E-state index contributed by atoms with van der Waals surface area (Å²) in [5, 5.41) is 0. The van der Waals surface area contributed by atoms with E-state index in [1.54, 1.807) is 12.1 Å². The zero-order chi connectivity index (χ0) is 8.32. The highest BCUT2D eigenvalue weighted by atomic mass is 32.2. The average molecular weight is 188 g/mol. The molecule has 0 unspecified atom stereocenters. The Labute approximate surface area is 76.6 Å². The molecule has 0 aromatic heterocycles. The van der Waals surface area contributed by atoms with Gasteiger partial charge < -0.3 is 0 Å². The molecule has 0 aliphatic heterocycles. The van der Waals surface area contributed by atoms with Gasteiger partial charge in [-0.05, 0) is 5.56 Å². The molecule has 11 heavy (non-hydrogen) atoms. The fraction of sp³-hybridized carbons (Fsp3) is 0.250. The van der Waals surface area contributed by atoms with Gasteiger partial charge in [-0.1, -0.05) is 30.3 Å². The van der Waals surface area contributed by atoms with Gasteiger partial charge in [0, 0.05) is 0 Å². The summed E-state index contributed by atoms with van der Waals surface area (Å²) in [6.07, 6.45) is 0. The molecule has 0 saturated carbocycles. The molecule has 1 rings (SSSR count). The monoisotopic (exact) mass is 188 g/mol. The van der Waals surface area contributed by atoms with Gasteiger partial charge in [-0.2, -0.15) is 25.3 Å². The highest BCUT2D eigenvalue weighted by Crippen LogP contribution is 2.32. The fourth-order valence-electron chi connectivity index (χ4n) is 0.782. The van der Waals surface area contributed by atoms with Gasteiger partial charge in [0.15, 0.2) is 0 Å². The lowest BCUT2D eigenvalue weighted by atomic mass is 10.1. The summed E-state index contributed by atoms with van der Waals surface area (Å²) in [7, 11) is 0. The smallest absolute Gasteiger partial charge is 0.117 e. The molecule has 0 spiro atoms. The molecule has 60 valence electrons. The lowest BCUT2D eigenvalue weighted by molar-refractivity contribution is 0.474. The minimum absolute atomic E-state index is 0.580. The third-order valence-electron chi connectivity index (χ3n) is 1.42. The quantitative estimate of drug-likeness (QED) is 0.517. The maximum absolute atomic E-state index is 12.3. The van der Waals surface area contributed by atoms with Crippen LogP contribution in [0, 0.1) is 0 Å². The molecule has 0 saturated heterocycles. The van der Waals surface area contributed by atoms with E-state index in [2.05, 4.69) is 25.3 Å². The van der Waals surface area contributed by atoms with Crippen LogP contribution < -0.4 is 0 Å². The van der Waals surface area contributed by atoms with E-state index in [4.69, 9.17) is 0 Å². The molecule has 0 aliphatic carbocycles. The predicted octanol–water partition coefficient (Wildman–Crippen LogP) is 2.67. The van der Waals surface area contributed by atoms with Gasteiger partial charge in [-0.3, -0.25) is 0 Å². The van der Waals surface area contributed by atoms with Crippen LogP contribution in [0.25, 0.3) is 0 Å². The molecule has 0 heterocycles. The molecular weight excluding hydrogens is 179 g/mol. The molecule has 0 fully saturated rings. The Kier molecular flexibility index (Phi) is 2.84. The van der Waals surface area contributed by atoms with Gasteiger partial charge in [0.25, 0.3) is 0 Å².